The number of hydrogen-bond donors (Lipinski definition) is 2. The van der Waals surface area contributed by atoms with Crippen LogP contribution in [0.3, 0.4) is 0 Å². The van der Waals surface area contributed by atoms with Gasteiger partial charge in [0.15, 0.2) is 0 Å². The Balaban J connectivity index is 2.45. The molecule has 2 atom stereocenters. The van der Waals surface area contributed by atoms with Gasteiger partial charge in [-0.2, -0.15) is 8.78 Å². The quantitative estimate of drug-likeness (QED) is 0.811. The van der Waals surface area contributed by atoms with Crippen LogP contribution in [0.15, 0.2) is 30.4 Å². The van der Waals surface area contributed by atoms with Crippen LogP contribution in [0.25, 0.3) is 0 Å². The molecule has 1 saturated heterocycles. The Hall–Kier alpha value is -1.37. The van der Waals surface area contributed by atoms with Gasteiger partial charge in [-0.25, -0.2) is 4.79 Å². The monoisotopic (exact) mass is 365 g/mol. The highest BCUT2D eigenvalue weighted by Crippen LogP contribution is 2.44. The number of rotatable bonds is 4. The normalized spacial score (nSPS) is 22.0. The van der Waals surface area contributed by atoms with Gasteiger partial charge in [0.05, 0.1) is 15.6 Å². The fourth-order valence-electron chi connectivity index (χ4n) is 3.04. The highest BCUT2D eigenvalue weighted by atomic mass is 35.5. The molecule has 1 aliphatic rings. The van der Waals surface area contributed by atoms with Crippen molar-refractivity contribution in [1.29, 1.82) is 0 Å². The SMILES string of the molecule is O=C(O)N1CCCC1(CC=C(F)F)C(O)c1ccc(Cl)c(Cl)c1. The minimum absolute atomic E-state index is 0.176. The third kappa shape index (κ3) is 3.59. The van der Waals surface area contributed by atoms with Gasteiger partial charge < -0.3 is 10.2 Å². The second-order valence-corrected chi connectivity index (χ2v) is 6.23. The van der Waals surface area contributed by atoms with Gasteiger partial charge in [0.25, 0.3) is 6.08 Å². The van der Waals surface area contributed by atoms with E-state index in [0.717, 1.165) is 4.90 Å². The second kappa shape index (κ2) is 7.03. The minimum atomic E-state index is -1.91. The first-order valence-electron chi connectivity index (χ1n) is 6.92. The summed E-state index contributed by atoms with van der Waals surface area (Å²) < 4.78 is 25.1. The van der Waals surface area contributed by atoms with Gasteiger partial charge in [0.1, 0.15) is 6.10 Å². The van der Waals surface area contributed by atoms with E-state index in [0.29, 0.717) is 18.1 Å². The number of hydrogen-bond acceptors (Lipinski definition) is 2. The molecule has 126 valence electrons. The fraction of sp³-hybridized carbons (Fsp3) is 0.400. The maximum absolute atomic E-state index is 12.5. The molecule has 1 aromatic rings. The predicted molar refractivity (Wildman–Crippen MR) is 83.0 cm³/mol. The summed E-state index contributed by atoms with van der Waals surface area (Å²) in [5, 5.41) is 20.6. The van der Waals surface area contributed by atoms with Crippen LogP contribution < -0.4 is 0 Å². The lowest BCUT2D eigenvalue weighted by molar-refractivity contribution is -0.00150. The number of aliphatic hydroxyl groups is 1. The van der Waals surface area contributed by atoms with Crippen LogP contribution in [0, 0.1) is 0 Å². The number of aliphatic hydroxyl groups excluding tert-OH is 1. The number of likely N-dealkylation sites (tertiary alicyclic amines) is 1. The summed E-state index contributed by atoms with van der Waals surface area (Å²) in [5.41, 5.74) is -1.02. The van der Waals surface area contributed by atoms with E-state index in [1.54, 1.807) is 0 Å². The molecule has 0 bridgehead atoms. The van der Waals surface area contributed by atoms with Crippen molar-refractivity contribution in [3.05, 3.63) is 46.0 Å². The molecule has 0 aliphatic carbocycles. The van der Waals surface area contributed by atoms with Crippen molar-refractivity contribution in [3.63, 3.8) is 0 Å². The summed E-state index contributed by atoms with van der Waals surface area (Å²) in [6.07, 6.45) is -3.37. The van der Waals surface area contributed by atoms with Crippen LogP contribution in [0.1, 0.15) is 30.9 Å². The molecule has 2 rings (SSSR count). The van der Waals surface area contributed by atoms with Crippen molar-refractivity contribution in [3.8, 4) is 0 Å². The van der Waals surface area contributed by atoms with Gasteiger partial charge in [-0.3, -0.25) is 4.90 Å². The van der Waals surface area contributed by atoms with Crippen LogP contribution in [0.2, 0.25) is 10.0 Å². The van der Waals surface area contributed by atoms with E-state index in [9.17, 15) is 23.8 Å². The topological polar surface area (TPSA) is 60.8 Å². The standard InChI is InChI=1S/C15H15Cl2F2NO3/c16-10-3-2-9(8-11(10)17)13(21)15(6-4-12(18)19)5-1-7-20(15)14(22)23/h2-4,8,13,21H,1,5-7H2,(H,22,23). The van der Waals surface area contributed by atoms with Crippen molar-refractivity contribution in [2.24, 2.45) is 0 Å². The summed E-state index contributed by atoms with van der Waals surface area (Å²) in [7, 11) is 0. The predicted octanol–water partition coefficient (Wildman–Crippen LogP) is 4.71. The summed E-state index contributed by atoms with van der Waals surface area (Å²) in [6, 6.07) is 4.40. The van der Waals surface area contributed by atoms with E-state index in [2.05, 4.69) is 0 Å². The Bertz CT molecular complexity index is 637. The molecule has 0 aromatic heterocycles. The zero-order valence-corrected chi connectivity index (χ0v) is 13.5. The molecule has 0 spiro atoms. The van der Waals surface area contributed by atoms with Crippen LogP contribution in [-0.2, 0) is 0 Å². The number of benzene rings is 1. The molecule has 2 N–H and O–H groups in total. The van der Waals surface area contributed by atoms with Gasteiger partial charge >= 0.3 is 6.09 Å². The third-order valence-electron chi connectivity index (χ3n) is 4.14. The minimum Gasteiger partial charge on any atom is -0.465 e. The first kappa shape index (κ1) is 18.0. The van der Waals surface area contributed by atoms with E-state index in [-0.39, 0.29) is 29.4 Å². The summed E-state index contributed by atoms with van der Waals surface area (Å²) in [5.74, 6) is 0. The van der Waals surface area contributed by atoms with Gasteiger partial charge in [0, 0.05) is 6.54 Å². The van der Waals surface area contributed by atoms with Crippen LogP contribution in [0.5, 0.6) is 0 Å². The first-order valence-corrected chi connectivity index (χ1v) is 7.68. The highest BCUT2D eigenvalue weighted by Gasteiger charge is 2.49. The number of amides is 1. The molecule has 8 heteroatoms. The summed E-state index contributed by atoms with van der Waals surface area (Å²) in [6.45, 7) is 0.176. The van der Waals surface area contributed by atoms with Crippen LogP contribution in [-0.4, -0.2) is 33.3 Å². The number of carboxylic acid groups (broad SMARTS) is 1. The van der Waals surface area contributed by atoms with Crippen molar-refractivity contribution >= 4 is 29.3 Å². The zero-order chi connectivity index (χ0) is 17.2. The Morgan fingerprint density at radius 3 is 2.65 bits per heavy atom. The molecule has 1 aliphatic heterocycles. The molecule has 1 heterocycles. The lowest BCUT2D eigenvalue weighted by atomic mass is 9.82. The molecule has 0 radical (unpaired) electrons. The Kier molecular flexibility index (Phi) is 5.49. The summed E-state index contributed by atoms with van der Waals surface area (Å²) in [4.78, 5) is 12.5. The highest BCUT2D eigenvalue weighted by molar-refractivity contribution is 6.42. The van der Waals surface area contributed by atoms with Crippen molar-refractivity contribution in [2.45, 2.75) is 30.9 Å². The first-order chi connectivity index (χ1) is 10.8. The van der Waals surface area contributed by atoms with Gasteiger partial charge in [-0.05, 0) is 43.0 Å². The molecule has 1 aromatic carbocycles. The lowest BCUT2D eigenvalue weighted by Gasteiger charge is -2.40. The molecule has 4 nitrogen and oxygen atoms in total. The van der Waals surface area contributed by atoms with Gasteiger partial charge in [0.2, 0.25) is 0 Å². The van der Waals surface area contributed by atoms with Crippen molar-refractivity contribution in [2.75, 3.05) is 6.54 Å². The largest absolute Gasteiger partial charge is 0.465 e. The maximum atomic E-state index is 12.5. The van der Waals surface area contributed by atoms with Crippen molar-refractivity contribution < 1.29 is 23.8 Å². The molecular weight excluding hydrogens is 351 g/mol. The Morgan fingerprint density at radius 1 is 1.39 bits per heavy atom. The van der Waals surface area contributed by atoms with E-state index >= 15 is 0 Å². The molecule has 0 saturated carbocycles. The van der Waals surface area contributed by atoms with E-state index in [4.69, 9.17) is 23.2 Å². The van der Waals surface area contributed by atoms with Crippen molar-refractivity contribution in [1.82, 2.24) is 4.90 Å². The average Bonchev–Trinajstić information content (AvgIpc) is 2.92. The smallest absolute Gasteiger partial charge is 0.407 e. The third-order valence-corrected chi connectivity index (χ3v) is 4.88. The van der Waals surface area contributed by atoms with E-state index in [1.807, 2.05) is 0 Å². The lowest BCUT2D eigenvalue weighted by Crippen LogP contribution is -2.50. The van der Waals surface area contributed by atoms with Crippen LogP contribution in [0.4, 0.5) is 13.6 Å². The molecule has 1 fully saturated rings. The van der Waals surface area contributed by atoms with E-state index in [1.165, 1.54) is 18.2 Å². The molecule has 1 amide bonds. The Morgan fingerprint density at radius 2 is 2.09 bits per heavy atom. The summed E-state index contributed by atoms with van der Waals surface area (Å²) >= 11 is 11.8. The maximum Gasteiger partial charge on any atom is 0.407 e. The number of carbonyl (C=O) groups is 1. The van der Waals surface area contributed by atoms with Crippen LogP contribution >= 0.6 is 23.2 Å². The molecular formula is C15H15Cl2F2NO3. The Labute approximate surface area is 141 Å². The van der Waals surface area contributed by atoms with Gasteiger partial charge in [-0.1, -0.05) is 29.3 Å². The van der Waals surface area contributed by atoms with Gasteiger partial charge in [-0.15, -0.1) is 0 Å². The zero-order valence-electron chi connectivity index (χ0n) is 12.0. The fourth-order valence-corrected chi connectivity index (χ4v) is 3.35. The van der Waals surface area contributed by atoms with E-state index < -0.39 is 23.8 Å². The molecule has 23 heavy (non-hydrogen) atoms. The number of nitrogens with zero attached hydrogens (tertiary/aromatic N) is 1. The average molecular weight is 366 g/mol. The number of halogens is 4. The second-order valence-electron chi connectivity index (χ2n) is 5.42. The molecule has 2 unspecified atom stereocenters.